The number of allylic oxidation sites excluding steroid dienone is 2. The first kappa shape index (κ1) is 10.7. The highest BCUT2D eigenvalue weighted by atomic mass is 14.6. The van der Waals surface area contributed by atoms with E-state index in [0.29, 0.717) is 0 Å². The molecule has 3 fully saturated rings. The molecule has 0 radical (unpaired) electrons. The number of aryl methyl sites for hydroxylation is 1. The molecule has 3 saturated carbocycles. The van der Waals surface area contributed by atoms with Crippen molar-refractivity contribution in [3.05, 3.63) is 47.5 Å². The summed E-state index contributed by atoms with van der Waals surface area (Å²) in [6.07, 6.45) is 9.60. The van der Waals surface area contributed by atoms with Crippen molar-refractivity contribution in [2.24, 2.45) is 35.5 Å². The van der Waals surface area contributed by atoms with Gasteiger partial charge in [0.15, 0.2) is 0 Å². The lowest BCUT2D eigenvalue weighted by atomic mass is 9.68. The molecule has 98 valence electrons. The second-order valence-electron chi connectivity index (χ2n) is 7.52. The second kappa shape index (κ2) is 3.53. The Kier molecular flexibility index (Phi) is 1.99. The van der Waals surface area contributed by atoms with Crippen LogP contribution in [-0.4, -0.2) is 0 Å². The third kappa shape index (κ3) is 1.30. The van der Waals surface area contributed by atoms with Crippen LogP contribution in [0, 0.1) is 42.4 Å². The Hall–Kier alpha value is -1.04. The Morgan fingerprint density at radius 1 is 0.842 bits per heavy atom. The van der Waals surface area contributed by atoms with Crippen LogP contribution in [0.2, 0.25) is 0 Å². The summed E-state index contributed by atoms with van der Waals surface area (Å²) in [5.41, 5.74) is 3.02. The van der Waals surface area contributed by atoms with E-state index in [-0.39, 0.29) is 0 Å². The van der Waals surface area contributed by atoms with E-state index in [2.05, 4.69) is 43.3 Å². The predicted octanol–water partition coefficient (Wildman–Crippen LogP) is 4.56. The van der Waals surface area contributed by atoms with E-state index in [9.17, 15) is 0 Å². The largest absolute Gasteiger partial charge is 0.0848 e. The lowest BCUT2D eigenvalue weighted by Gasteiger charge is -2.37. The van der Waals surface area contributed by atoms with Crippen molar-refractivity contribution in [3.63, 3.8) is 0 Å². The average molecular weight is 250 g/mol. The zero-order valence-electron chi connectivity index (χ0n) is 11.6. The van der Waals surface area contributed by atoms with Crippen LogP contribution in [0.25, 0.3) is 0 Å². The fraction of sp³-hybridized carbons (Fsp3) is 0.579. The molecule has 19 heavy (non-hydrogen) atoms. The topological polar surface area (TPSA) is 0 Å². The van der Waals surface area contributed by atoms with E-state index in [1.165, 1.54) is 24.8 Å². The van der Waals surface area contributed by atoms with Gasteiger partial charge in [0.2, 0.25) is 0 Å². The summed E-state index contributed by atoms with van der Waals surface area (Å²) in [6, 6.07) is 9.41. The van der Waals surface area contributed by atoms with E-state index in [1.807, 2.05) is 0 Å². The quantitative estimate of drug-likeness (QED) is 0.506. The SMILES string of the molecule is Cc1ccc(C2CC3CC2C2C4C=CC(C4)C32)cc1. The molecule has 0 nitrogen and oxygen atoms in total. The highest BCUT2D eigenvalue weighted by molar-refractivity contribution is 5.30. The molecule has 0 saturated heterocycles. The molecule has 0 aliphatic heterocycles. The maximum Gasteiger partial charge on any atom is -0.0128 e. The highest BCUT2D eigenvalue weighted by Gasteiger charge is 2.60. The van der Waals surface area contributed by atoms with E-state index in [1.54, 1.807) is 5.56 Å². The molecular formula is C19H22. The molecule has 0 spiro atoms. The van der Waals surface area contributed by atoms with Crippen molar-refractivity contribution in [2.75, 3.05) is 0 Å². The predicted molar refractivity (Wildman–Crippen MR) is 77.9 cm³/mol. The van der Waals surface area contributed by atoms with Gasteiger partial charge < -0.3 is 0 Å². The summed E-state index contributed by atoms with van der Waals surface area (Å²) >= 11 is 0. The van der Waals surface area contributed by atoms with E-state index >= 15 is 0 Å². The third-order valence-corrected chi connectivity index (χ3v) is 6.78. The highest BCUT2D eigenvalue weighted by Crippen LogP contribution is 2.68. The smallest absolute Gasteiger partial charge is 0.0128 e. The molecule has 0 aromatic heterocycles. The Labute approximate surface area is 115 Å². The monoisotopic (exact) mass is 250 g/mol. The molecule has 1 aromatic carbocycles. The summed E-state index contributed by atoms with van der Waals surface area (Å²) in [7, 11) is 0. The van der Waals surface area contributed by atoms with Gasteiger partial charge in [-0.25, -0.2) is 0 Å². The molecule has 4 aliphatic rings. The van der Waals surface area contributed by atoms with Gasteiger partial charge in [-0.15, -0.1) is 0 Å². The van der Waals surface area contributed by atoms with Crippen LogP contribution in [0.5, 0.6) is 0 Å². The first-order valence-electron chi connectivity index (χ1n) is 8.06. The Morgan fingerprint density at radius 2 is 1.58 bits per heavy atom. The van der Waals surface area contributed by atoms with Gasteiger partial charge in [0, 0.05) is 0 Å². The third-order valence-electron chi connectivity index (χ3n) is 6.78. The number of benzene rings is 1. The summed E-state index contributed by atoms with van der Waals surface area (Å²) in [6.45, 7) is 2.20. The van der Waals surface area contributed by atoms with E-state index in [0.717, 1.165) is 41.4 Å². The van der Waals surface area contributed by atoms with Crippen molar-refractivity contribution in [1.82, 2.24) is 0 Å². The van der Waals surface area contributed by atoms with E-state index in [4.69, 9.17) is 0 Å². The summed E-state index contributed by atoms with van der Waals surface area (Å²) in [4.78, 5) is 0. The number of fused-ring (bicyclic) bond motifs is 9. The lowest BCUT2D eigenvalue weighted by molar-refractivity contribution is 0.185. The van der Waals surface area contributed by atoms with Crippen molar-refractivity contribution in [1.29, 1.82) is 0 Å². The minimum absolute atomic E-state index is 0.875. The molecule has 4 bridgehead atoms. The number of hydrogen-bond acceptors (Lipinski definition) is 0. The fourth-order valence-electron chi connectivity index (χ4n) is 6.21. The maximum atomic E-state index is 2.55. The van der Waals surface area contributed by atoms with E-state index < -0.39 is 0 Å². The Balaban J connectivity index is 1.50. The minimum Gasteiger partial charge on any atom is -0.0848 e. The van der Waals surface area contributed by atoms with Crippen LogP contribution in [0.15, 0.2) is 36.4 Å². The van der Waals surface area contributed by atoms with Crippen molar-refractivity contribution >= 4 is 0 Å². The summed E-state index contributed by atoms with van der Waals surface area (Å²) in [5, 5.41) is 0. The van der Waals surface area contributed by atoms with Gasteiger partial charge in [-0.1, -0.05) is 42.0 Å². The average Bonchev–Trinajstić information content (AvgIpc) is 3.17. The zero-order valence-corrected chi connectivity index (χ0v) is 11.6. The first-order chi connectivity index (χ1) is 9.31. The van der Waals surface area contributed by atoms with Gasteiger partial charge in [0.05, 0.1) is 0 Å². The van der Waals surface area contributed by atoms with Crippen LogP contribution in [0.4, 0.5) is 0 Å². The van der Waals surface area contributed by atoms with Crippen molar-refractivity contribution < 1.29 is 0 Å². The number of rotatable bonds is 1. The number of hydrogen-bond donors (Lipinski definition) is 0. The molecule has 0 N–H and O–H groups in total. The van der Waals surface area contributed by atoms with Crippen molar-refractivity contribution in [2.45, 2.75) is 32.1 Å². The standard InChI is InChI=1S/C19H22/c1-11-2-4-12(5-3-11)16-9-15-10-17(16)19-14-7-6-13(8-14)18(15)19/h2-7,13-19H,8-10H2,1H3. The van der Waals surface area contributed by atoms with Crippen LogP contribution in [-0.2, 0) is 0 Å². The Morgan fingerprint density at radius 3 is 2.37 bits per heavy atom. The second-order valence-corrected chi connectivity index (χ2v) is 7.52. The molecule has 1 aromatic rings. The molecule has 0 amide bonds. The van der Waals surface area contributed by atoms with Gasteiger partial charge in [-0.2, -0.15) is 0 Å². The van der Waals surface area contributed by atoms with Crippen LogP contribution in [0.3, 0.4) is 0 Å². The van der Waals surface area contributed by atoms with Gasteiger partial charge in [-0.05, 0) is 73.2 Å². The molecular weight excluding hydrogens is 228 g/mol. The minimum atomic E-state index is 0.875. The van der Waals surface area contributed by atoms with Gasteiger partial charge in [0.25, 0.3) is 0 Å². The lowest BCUT2D eigenvalue weighted by Crippen LogP contribution is -2.30. The normalized spacial score (nSPS) is 49.0. The Bertz CT molecular complexity index is 538. The summed E-state index contributed by atoms with van der Waals surface area (Å²) in [5.74, 6) is 6.93. The molecule has 7 unspecified atom stereocenters. The van der Waals surface area contributed by atoms with Crippen LogP contribution >= 0.6 is 0 Å². The first-order valence-corrected chi connectivity index (χ1v) is 8.06. The maximum absolute atomic E-state index is 2.55. The molecule has 5 rings (SSSR count). The molecule has 4 aliphatic carbocycles. The molecule has 0 heteroatoms. The molecule has 7 atom stereocenters. The van der Waals surface area contributed by atoms with Gasteiger partial charge in [-0.3, -0.25) is 0 Å². The van der Waals surface area contributed by atoms with Crippen LogP contribution in [0.1, 0.15) is 36.3 Å². The van der Waals surface area contributed by atoms with Gasteiger partial charge in [0.1, 0.15) is 0 Å². The fourth-order valence-corrected chi connectivity index (χ4v) is 6.21. The summed E-state index contributed by atoms with van der Waals surface area (Å²) < 4.78 is 0. The molecule has 0 heterocycles. The van der Waals surface area contributed by atoms with Crippen LogP contribution < -0.4 is 0 Å². The zero-order chi connectivity index (χ0) is 12.6. The van der Waals surface area contributed by atoms with Gasteiger partial charge >= 0.3 is 0 Å². The van der Waals surface area contributed by atoms with Crippen molar-refractivity contribution in [3.8, 4) is 0 Å².